The third-order valence-electron chi connectivity index (χ3n) is 4.73. The predicted octanol–water partition coefficient (Wildman–Crippen LogP) is 2.49. The van der Waals surface area contributed by atoms with Crippen molar-refractivity contribution in [2.75, 3.05) is 23.7 Å². The minimum absolute atomic E-state index is 0.000353. The molecule has 2 aromatic carbocycles. The van der Waals surface area contributed by atoms with Crippen molar-refractivity contribution in [1.29, 1.82) is 0 Å². The number of nitrogens with zero attached hydrogens (tertiary/aromatic N) is 1. The van der Waals surface area contributed by atoms with Crippen LogP contribution in [0.25, 0.3) is 0 Å². The zero-order valence-corrected chi connectivity index (χ0v) is 16.6. The van der Waals surface area contributed by atoms with E-state index < -0.39 is 38.5 Å². The summed E-state index contributed by atoms with van der Waals surface area (Å²) in [6.45, 7) is -0.000706. The number of hydrogen-bond donors (Lipinski definition) is 3. The Morgan fingerprint density at radius 3 is 2.27 bits per heavy atom. The molecule has 0 unspecified atom stereocenters. The van der Waals surface area contributed by atoms with E-state index in [0.29, 0.717) is 17.4 Å². The molecule has 0 aromatic heterocycles. The number of carbonyl (C=O) groups is 2. The Kier molecular flexibility index (Phi) is 6.32. The molecule has 0 spiro atoms. The van der Waals surface area contributed by atoms with E-state index in [0.717, 1.165) is 16.4 Å². The van der Waals surface area contributed by atoms with Crippen LogP contribution in [-0.2, 0) is 14.8 Å². The van der Waals surface area contributed by atoms with E-state index in [-0.39, 0.29) is 31.8 Å². The van der Waals surface area contributed by atoms with Crippen LogP contribution in [0.15, 0.2) is 47.4 Å². The van der Waals surface area contributed by atoms with Crippen molar-refractivity contribution in [1.82, 2.24) is 4.31 Å². The molecular formula is C19H20F2N4O4S. The standard InChI is InChI=1S/C19H20F2N4O4S/c20-13-4-5-16(21)17(10-13)30(28,29)25-8-6-12(7-9-25)18(26)23-14-2-1-3-15(11-14)24-19(22)27/h1-5,10-12H,6-9H2,(H,23,26)(H3,22,24,27). The number of sulfonamides is 1. The SMILES string of the molecule is NC(=O)Nc1cccc(NC(=O)C2CCN(S(=O)(=O)c3cc(F)ccc3F)CC2)c1. The molecule has 0 bridgehead atoms. The summed E-state index contributed by atoms with van der Waals surface area (Å²) < 4.78 is 53.6. The highest BCUT2D eigenvalue weighted by atomic mass is 32.2. The maximum atomic E-state index is 13.9. The second kappa shape index (κ2) is 8.76. The lowest BCUT2D eigenvalue weighted by molar-refractivity contribution is -0.120. The number of nitrogens with one attached hydrogen (secondary N) is 2. The van der Waals surface area contributed by atoms with Crippen LogP contribution in [0.3, 0.4) is 0 Å². The molecule has 3 amide bonds. The van der Waals surface area contributed by atoms with E-state index in [2.05, 4.69) is 10.6 Å². The van der Waals surface area contributed by atoms with Gasteiger partial charge in [-0.3, -0.25) is 4.79 Å². The summed E-state index contributed by atoms with van der Waals surface area (Å²) in [5.41, 5.74) is 5.93. The van der Waals surface area contributed by atoms with Crippen molar-refractivity contribution in [3.8, 4) is 0 Å². The number of primary amides is 1. The normalized spacial score (nSPS) is 15.5. The van der Waals surface area contributed by atoms with Crippen molar-refractivity contribution in [2.24, 2.45) is 11.7 Å². The number of carbonyl (C=O) groups excluding carboxylic acids is 2. The van der Waals surface area contributed by atoms with Crippen LogP contribution in [0.1, 0.15) is 12.8 Å². The molecule has 0 atom stereocenters. The summed E-state index contributed by atoms with van der Waals surface area (Å²) in [4.78, 5) is 22.7. The molecular weight excluding hydrogens is 418 g/mol. The predicted molar refractivity (Wildman–Crippen MR) is 106 cm³/mol. The van der Waals surface area contributed by atoms with Gasteiger partial charge in [-0.1, -0.05) is 6.07 Å². The van der Waals surface area contributed by atoms with E-state index in [4.69, 9.17) is 5.73 Å². The fourth-order valence-electron chi connectivity index (χ4n) is 3.23. The van der Waals surface area contributed by atoms with Gasteiger partial charge in [-0.05, 0) is 49.2 Å². The average molecular weight is 438 g/mol. The summed E-state index contributed by atoms with van der Waals surface area (Å²) >= 11 is 0. The Hall–Kier alpha value is -3.05. The van der Waals surface area contributed by atoms with Crippen molar-refractivity contribution >= 4 is 33.3 Å². The molecule has 1 aliphatic heterocycles. The molecule has 11 heteroatoms. The van der Waals surface area contributed by atoms with Gasteiger partial charge in [-0.15, -0.1) is 0 Å². The largest absolute Gasteiger partial charge is 0.351 e. The maximum Gasteiger partial charge on any atom is 0.316 e. The second-order valence-electron chi connectivity index (χ2n) is 6.81. The average Bonchev–Trinajstić information content (AvgIpc) is 2.69. The topological polar surface area (TPSA) is 122 Å². The minimum atomic E-state index is -4.21. The van der Waals surface area contributed by atoms with Gasteiger partial charge in [-0.25, -0.2) is 22.0 Å². The van der Waals surface area contributed by atoms with Crippen LogP contribution in [0.2, 0.25) is 0 Å². The van der Waals surface area contributed by atoms with Crippen molar-refractivity contribution in [2.45, 2.75) is 17.7 Å². The number of amides is 3. The molecule has 0 radical (unpaired) electrons. The van der Waals surface area contributed by atoms with Gasteiger partial charge in [0.2, 0.25) is 15.9 Å². The van der Waals surface area contributed by atoms with E-state index in [9.17, 15) is 26.8 Å². The van der Waals surface area contributed by atoms with Gasteiger partial charge in [0.25, 0.3) is 0 Å². The van der Waals surface area contributed by atoms with Crippen LogP contribution in [0.4, 0.5) is 25.0 Å². The lowest BCUT2D eigenvalue weighted by Gasteiger charge is -2.30. The summed E-state index contributed by atoms with van der Waals surface area (Å²) in [5.74, 6) is -2.64. The molecule has 0 saturated carbocycles. The number of piperidine rings is 1. The Morgan fingerprint density at radius 2 is 1.63 bits per heavy atom. The zero-order valence-electron chi connectivity index (χ0n) is 15.8. The maximum absolute atomic E-state index is 13.9. The molecule has 8 nitrogen and oxygen atoms in total. The fourth-order valence-corrected chi connectivity index (χ4v) is 4.78. The van der Waals surface area contributed by atoms with Crippen LogP contribution in [-0.4, -0.2) is 37.8 Å². The molecule has 1 saturated heterocycles. The molecule has 4 N–H and O–H groups in total. The number of nitrogens with two attached hydrogens (primary N) is 1. The Bertz CT molecular complexity index is 1070. The summed E-state index contributed by atoms with van der Waals surface area (Å²) in [6.07, 6.45) is 0.447. The van der Waals surface area contributed by atoms with Crippen molar-refractivity contribution in [3.63, 3.8) is 0 Å². The first kappa shape index (κ1) is 21.7. The third kappa shape index (κ3) is 4.92. The van der Waals surface area contributed by atoms with E-state index >= 15 is 0 Å². The summed E-state index contributed by atoms with van der Waals surface area (Å²) in [5, 5.41) is 5.12. The summed E-state index contributed by atoms with van der Waals surface area (Å²) in [6, 6.07) is 7.94. The molecule has 1 heterocycles. The summed E-state index contributed by atoms with van der Waals surface area (Å²) in [7, 11) is -4.21. The highest BCUT2D eigenvalue weighted by Gasteiger charge is 2.33. The lowest BCUT2D eigenvalue weighted by atomic mass is 9.97. The fraction of sp³-hybridized carbons (Fsp3) is 0.263. The minimum Gasteiger partial charge on any atom is -0.351 e. The molecule has 1 aliphatic rings. The van der Waals surface area contributed by atoms with Crippen molar-refractivity contribution in [3.05, 3.63) is 54.1 Å². The second-order valence-corrected chi connectivity index (χ2v) is 8.72. The molecule has 1 fully saturated rings. The van der Waals surface area contributed by atoms with Gasteiger partial charge in [0, 0.05) is 30.4 Å². The van der Waals surface area contributed by atoms with Crippen LogP contribution >= 0.6 is 0 Å². The van der Waals surface area contributed by atoms with E-state index in [1.165, 1.54) is 6.07 Å². The molecule has 30 heavy (non-hydrogen) atoms. The Labute approximate surface area is 172 Å². The number of halogens is 2. The zero-order chi connectivity index (χ0) is 21.9. The highest BCUT2D eigenvalue weighted by molar-refractivity contribution is 7.89. The quantitative estimate of drug-likeness (QED) is 0.664. The van der Waals surface area contributed by atoms with Gasteiger partial charge in [0.15, 0.2) is 0 Å². The Morgan fingerprint density at radius 1 is 1.00 bits per heavy atom. The number of benzene rings is 2. The van der Waals surface area contributed by atoms with Crippen LogP contribution in [0, 0.1) is 17.6 Å². The number of rotatable bonds is 5. The van der Waals surface area contributed by atoms with Gasteiger partial charge >= 0.3 is 6.03 Å². The first-order chi connectivity index (χ1) is 14.2. The number of urea groups is 1. The van der Waals surface area contributed by atoms with E-state index in [1.807, 2.05) is 0 Å². The van der Waals surface area contributed by atoms with Gasteiger partial charge in [-0.2, -0.15) is 4.31 Å². The number of hydrogen-bond acceptors (Lipinski definition) is 4. The monoisotopic (exact) mass is 438 g/mol. The first-order valence-corrected chi connectivity index (χ1v) is 10.5. The van der Waals surface area contributed by atoms with Gasteiger partial charge < -0.3 is 16.4 Å². The van der Waals surface area contributed by atoms with Crippen LogP contribution < -0.4 is 16.4 Å². The smallest absolute Gasteiger partial charge is 0.316 e. The van der Waals surface area contributed by atoms with Crippen LogP contribution in [0.5, 0.6) is 0 Å². The number of anilines is 2. The van der Waals surface area contributed by atoms with Gasteiger partial charge in [0.1, 0.15) is 16.5 Å². The molecule has 0 aliphatic carbocycles. The third-order valence-corrected chi connectivity index (χ3v) is 6.65. The molecule has 160 valence electrons. The highest BCUT2D eigenvalue weighted by Crippen LogP contribution is 2.27. The molecule has 3 rings (SSSR count). The van der Waals surface area contributed by atoms with Crippen molar-refractivity contribution < 1.29 is 26.8 Å². The Balaban J connectivity index is 1.63. The van der Waals surface area contributed by atoms with E-state index in [1.54, 1.807) is 18.2 Å². The van der Waals surface area contributed by atoms with Gasteiger partial charge in [0.05, 0.1) is 0 Å². The lowest BCUT2D eigenvalue weighted by Crippen LogP contribution is -2.41. The first-order valence-electron chi connectivity index (χ1n) is 9.09. The molecule has 2 aromatic rings.